The van der Waals surface area contributed by atoms with Crippen molar-refractivity contribution in [1.29, 1.82) is 0 Å². The summed E-state index contributed by atoms with van der Waals surface area (Å²) in [7, 11) is 0. The van der Waals surface area contributed by atoms with E-state index in [0.29, 0.717) is 0 Å². The second kappa shape index (κ2) is 10.6. The van der Waals surface area contributed by atoms with Gasteiger partial charge in [-0.15, -0.1) is 0 Å². The molecule has 3 nitrogen and oxygen atoms in total. The smallest absolute Gasteiger partial charge is 0.143 e. The Morgan fingerprint density at radius 2 is 0.800 bits per heavy atom. The molecule has 0 radical (unpaired) electrons. The molecule has 0 bridgehead atoms. The molecule has 0 fully saturated rings. The molecule has 0 unspecified atom stereocenters. The zero-order chi connectivity index (χ0) is 35.8. The van der Waals surface area contributed by atoms with Gasteiger partial charge in [-0.3, -0.25) is 0 Å². The minimum absolute atomic E-state index is 0.881. The summed E-state index contributed by atoms with van der Waals surface area (Å²) in [5.74, 6) is 0. The highest BCUT2D eigenvalue weighted by molar-refractivity contribution is 6.45. The van der Waals surface area contributed by atoms with E-state index in [1.807, 2.05) is 0 Å². The van der Waals surface area contributed by atoms with Crippen LogP contribution >= 0.6 is 0 Å². The molecule has 0 aliphatic heterocycles. The third-order valence-corrected chi connectivity index (χ3v) is 12.0. The molecule has 0 aliphatic carbocycles. The van der Waals surface area contributed by atoms with Crippen molar-refractivity contribution < 1.29 is 4.42 Å². The van der Waals surface area contributed by atoms with Crippen LogP contribution in [0.4, 0.5) is 0 Å². The first-order chi connectivity index (χ1) is 27.3. The highest BCUT2D eigenvalue weighted by Crippen LogP contribution is 2.51. The van der Waals surface area contributed by atoms with Gasteiger partial charge in [0.05, 0.1) is 27.8 Å². The summed E-state index contributed by atoms with van der Waals surface area (Å²) in [6, 6.07) is 66.4. The monoisotopic (exact) mass is 698 g/mol. The van der Waals surface area contributed by atoms with Gasteiger partial charge in [0.2, 0.25) is 0 Å². The van der Waals surface area contributed by atoms with Crippen molar-refractivity contribution in [2.75, 3.05) is 0 Å². The van der Waals surface area contributed by atoms with Gasteiger partial charge in [-0.2, -0.15) is 0 Å². The largest absolute Gasteiger partial charge is 0.455 e. The molecule has 0 atom stereocenters. The molecular formula is C52H30N2O. The molecule has 0 saturated heterocycles. The molecular weight excluding hydrogens is 669 g/mol. The summed E-state index contributed by atoms with van der Waals surface area (Å²) in [5.41, 5.74) is 8.75. The lowest BCUT2D eigenvalue weighted by atomic mass is 9.89. The zero-order valence-electron chi connectivity index (χ0n) is 29.6. The van der Waals surface area contributed by atoms with Gasteiger partial charge in [-0.1, -0.05) is 133 Å². The van der Waals surface area contributed by atoms with Crippen molar-refractivity contribution in [1.82, 2.24) is 9.13 Å². The minimum atomic E-state index is 0.881. The van der Waals surface area contributed by atoms with Gasteiger partial charge in [0.15, 0.2) is 0 Å². The summed E-state index contributed by atoms with van der Waals surface area (Å²) in [6.45, 7) is 0. The Morgan fingerprint density at radius 1 is 0.309 bits per heavy atom. The summed E-state index contributed by atoms with van der Waals surface area (Å²) >= 11 is 0. The van der Waals surface area contributed by atoms with Crippen molar-refractivity contribution in [2.45, 2.75) is 0 Å². The average molecular weight is 699 g/mol. The van der Waals surface area contributed by atoms with Gasteiger partial charge in [-0.05, 0) is 69.4 Å². The third-order valence-electron chi connectivity index (χ3n) is 12.0. The van der Waals surface area contributed by atoms with E-state index in [0.717, 1.165) is 44.2 Å². The van der Waals surface area contributed by atoms with E-state index in [9.17, 15) is 0 Å². The normalized spacial score (nSPS) is 12.4. The lowest BCUT2D eigenvalue weighted by molar-refractivity contribution is 0.672. The maximum atomic E-state index is 6.81. The lowest BCUT2D eigenvalue weighted by Gasteiger charge is -2.16. The maximum absolute atomic E-state index is 6.81. The Morgan fingerprint density at radius 3 is 1.44 bits per heavy atom. The van der Waals surface area contributed by atoms with Gasteiger partial charge >= 0.3 is 0 Å². The molecule has 254 valence electrons. The molecule has 13 aromatic rings. The number of benzene rings is 10. The van der Waals surface area contributed by atoms with Crippen LogP contribution in [-0.2, 0) is 0 Å². The SMILES string of the molecule is c1ccc(-n2c3ccccc3c3c4c5ccccc5c5ccccc5c4c4c5ccccc5n(-c5ccc6c(c5)oc5c7ccccc7ccc65)c4c32)cc1. The number of rotatable bonds is 2. The maximum Gasteiger partial charge on any atom is 0.143 e. The van der Waals surface area contributed by atoms with Crippen LogP contribution in [0.25, 0.3) is 120 Å². The number of hydrogen-bond donors (Lipinski definition) is 0. The molecule has 0 N–H and O–H groups in total. The first-order valence-corrected chi connectivity index (χ1v) is 18.9. The van der Waals surface area contributed by atoms with Gasteiger partial charge in [0, 0.05) is 60.2 Å². The predicted octanol–water partition coefficient (Wildman–Crippen LogP) is 14.4. The third kappa shape index (κ3) is 3.74. The van der Waals surface area contributed by atoms with Crippen molar-refractivity contribution in [3.63, 3.8) is 0 Å². The quantitative estimate of drug-likeness (QED) is 0.165. The molecule has 0 spiro atoms. The highest BCUT2D eigenvalue weighted by Gasteiger charge is 2.27. The molecule has 13 rings (SSSR count). The van der Waals surface area contributed by atoms with Crippen LogP contribution in [-0.4, -0.2) is 9.13 Å². The first-order valence-electron chi connectivity index (χ1n) is 18.9. The van der Waals surface area contributed by atoms with Gasteiger partial charge in [-0.25, -0.2) is 0 Å². The molecule has 0 aliphatic rings. The first kappa shape index (κ1) is 29.1. The Balaban J connectivity index is 1.32. The van der Waals surface area contributed by atoms with Gasteiger partial charge < -0.3 is 13.6 Å². The number of furan rings is 1. The van der Waals surface area contributed by atoms with Crippen LogP contribution in [0.1, 0.15) is 0 Å². The predicted molar refractivity (Wildman–Crippen MR) is 232 cm³/mol. The molecule has 55 heavy (non-hydrogen) atoms. The fourth-order valence-corrected chi connectivity index (χ4v) is 9.84. The van der Waals surface area contributed by atoms with E-state index < -0.39 is 0 Å². The summed E-state index contributed by atoms with van der Waals surface area (Å²) in [6.07, 6.45) is 0. The Labute approximate surface area is 314 Å². The molecule has 0 saturated carbocycles. The Hall–Kier alpha value is -7.36. The van der Waals surface area contributed by atoms with Crippen LogP contribution in [0.3, 0.4) is 0 Å². The molecule has 3 heteroatoms. The minimum Gasteiger partial charge on any atom is -0.455 e. The second-order valence-electron chi connectivity index (χ2n) is 14.8. The Bertz CT molecular complexity index is 3770. The fraction of sp³-hybridized carbons (Fsp3) is 0. The van der Waals surface area contributed by atoms with E-state index in [2.05, 4.69) is 191 Å². The van der Waals surface area contributed by atoms with Crippen molar-refractivity contribution in [3.05, 3.63) is 182 Å². The van der Waals surface area contributed by atoms with Crippen molar-refractivity contribution in [3.8, 4) is 11.4 Å². The van der Waals surface area contributed by atoms with E-state index in [1.165, 1.54) is 75.8 Å². The van der Waals surface area contributed by atoms with Crippen molar-refractivity contribution in [2.24, 2.45) is 0 Å². The number of para-hydroxylation sites is 3. The number of hydrogen-bond acceptors (Lipinski definition) is 1. The summed E-state index contributed by atoms with van der Waals surface area (Å²) in [5, 5.41) is 17.2. The van der Waals surface area contributed by atoms with Gasteiger partial charge in [0.25, 0.3) is 0 Å². The molecule has 0 amide bonds. The van der Waals surface area contributed by atoms with Crippen LogP contribution in [0.2, 0.25) is 0 Å². The second-order valence-corrected chi connectivity index (χ2v) is 14.8. The topological polar surface area (TPSA) is 23.0 Å². The molecule has 3 heterocycles. The highest BCUT2D eigenvalue weighted by atomic mass is 16.3. The van der Waals surface area contributed by atoms with Crippen LogP contribution in [0.15, 0.2) is 186 Å². The average Bonchev–Trinajstić information content (AvgIpc) is 3.92. The van der Waals surface area contributed by atoms with Crippen LogP contribution in [0, 0.1) is 0 Å². The fourth-order valence-electron chi connectivity index (χ4n) is 9.84. The zero-order valence-corrected chi connectivity index (χ0v) is 29.6. The summed E-state index contributed by atoms with van der Waals surface area (Å²) < 4.78 is 11.8. The van der Waals surface area contributed by atoms with E-state index in [-0.39, 0.29) is 0 Å². The van der Waals surface area contributed by atoms with E-state index in [1.54, 1.807) is 0 Å². The number of fused-ring (bicyclic) bond motifs is 20. The van der Waals surface area contributed by atoms with Crippen molar-refractivity contribution >= 4 is 109 Å². The van der Waals surface area contributed by atoms with Crippen LogP contribution < -0.4 is 0 Å². The van der Waals surface area contributed by atoms with E-state index in [4.69, 9.17) is 4.42 Å². The Kier molecular flexibility index (Phi) is 5.63. The molecule has 3 aromatic heterocycles. The number of nitrogens with zero attached hydrogens (tertiary/aromatic N) is 2. The number of aromatic nitrogens is 2. The van der Waals surface area contributed by atoms with Crippen LogP contribution in [0.5, 0.6) is 0 Å². The standard InChI is InChI=1S/C52H30N2O/c1-2-15-32(16-3-1)53-43-24-12-10-22-41(43)48-46-38-20-8-6-18-35(38)36-19-7-9-21-39(36)47(46)49-42-23-11-13-25-44(42)54(51(49)50(48)53)33-27-29-37-40-28-26-31-14-4-5-17-34(31)52(40)55-45(37)30-33/h1-30H. The van der Waals surface area contributed by atoms with E-state index >= 15 is 0 Å². The lowest BCUT2D eigenvalue weighted by Crippen LogP contribution is -1.99. The molecule has 10 aromatic carbocycles. The summed E-state index contributed by atoms with van der Waals surface area (Å²) in [4.78, 5) is 0. The van der Waals surface area contributed by atoms with Gasteiger partial charge in [0.1, 0.15) is 11.2 Å².